The quantitative estimate of drug-likeness (QED) is 0.163. The molecule has 1 atom stereocenters. The average molecular weight is 676 g/mol. The Balaban J connectivity index is 1.23. The zero-order chi connectivity index (χ0) is 33.2. The third kappa shape index (κ3) is 7.92. The van der Waals surface area contributed by atoms with Crippen molar-refractivity contribution in [3.05, 3.63) is 76.7 Å². The highest BCUT2D eigenvalue weighted by molar-refractivity contribution is 7.83. The van der Waals surface area contributed by atoms with Crippen LogP contribution in [0.3, 0.4) is 0 Å². The first-order valence-electron chi connectivity index (χ1n) is 17.0. The predicted octanol–water partition coefficient (Wildman–Crippen LogP) is 8.30. The highest BCUT2D eigenvalue weighted by Crippen LogP contribution is 2.55. The molecule has 4 fully saturated rings. The van der Waals surface area contributed by atoms with Crippen LogP contribution in [0, 0.1) is 0 Å². The fourth-order valence-electron chi connectivity index (χ4n) is 6.88. The van der Waals surface area contributed by atoms with Crippen molar-refractivity contribution < 1.29 is 13.7 Å². The van der Waals surface area contributed by atoms with Crippen molar-refractivity contribution in [1.29, 1.82) is 0 Å². The molecule has 8 nitrogen and oxygen atoms in total. The summed E-state index contributed by atoms with van der Waals surface area (Å²) in [5.41, 5.74) is 3.99. The Morgan fingerprint density at radius 1 is 1.02 bits per heavy atom. The number of allylic oxidation sites excluding steroid dienone is 1. The molecule has 10 heteroatoms. The number of nitrogens with zero attached hydrogens (tertiary/aromatic N) is 1. The van der Waals surface area contributed by atoms with Gasteiger partial charge >= 0.3 is 6.09 Å². The van der Waals surface area contributed by atoms with Gasteiger partial charge in [0.2, 0.25) is 0 Å². The zero-order valence-corrected chi connectivity index (χ0v) is 30.0. The minimum atomic E-state index is -1.44. The van der Waals surface area contributed by atoms with E-state index >= 15 is 0 Å². The molecule has 4 aliphatic rings. The molecule has 252 valence electrons. The summed E-state index contributed by atoms with van der Waals surface area (Å²) in [7, 11) is -1.44. The summed E-state index contributed by atoms with van der Waals surface area (Å²) >= 11 is 1.73. The minimum absolute atomic E-state index is 0.0209. The molecule has 0 saturated heterocycles. The molecule has 2 bridgehead atoms. The van der Waals surface area contributed by atoms with Gasteiger partial charge in [0.1, 0.15) is 16.8 Å². The minimum Gasteiger partial charge on any atom is -0.447 e. The lowest BCUT2D eigenvalue weighted by Crippen LogP contribution is -2.58. The van der Waals surface area contributed by atoms with Gasteiger partial charge in [-0.25, -0.2) is 18.7 Å². The fraction of sp³-hybridized carbons (Fsp3) is 0.514. The maximum atomic E-state index is 13.9. The Morgan fingerprint density at radius 2 is 1.72 bits per heavy atom. The van der Waals surface area contributed by atoms with Crippen LogP contribution in [0.25, 0.3) is 10.4 Å². The summed E-state index contributed by atoms with van der Waals surface area (Å²) in [6, 6.07) is 16.6. The Hall–Kier alpha value is -3.21. The molecule has 3 aromatic rings. The van der Waals surface area contributed by atoms with Gasteiger partial charge in [-0.05, 0) is 116 Å². The normalized spacial score (nSPS) is 22.8. The number of hydrogen-bond donors (Lipinski definition) is 4. The Labute approximate surface area is 286 Å². The van der Waals surface area contributed by atoms with Crippen LogP contribution in [0.5, 0.6) is 0 Å². The maximum Gasteiger partial charge on any atom is 0.407 e. The number of ether oxygens (including phenoxy) is 1. The standard InChI is InChI=1S/C37H49N5O3S2/c1-25(2)45-34(43)41-37-19-16-36(17-20-37,18-21-37)33-39-24-30(46-33)29-15-14-28(22-31(29)47(44)42-35(3,4)5)40-32(27-12-9-13-27)38-23-26-10-7-6-8-11-26/h6-8,10-11,14-15,22,24-25,38,40,42H,9,12-13,16-21,23H2,1-5H3,(H,41,43). The van der Waals surface area contributed by atoms with E-state index < -0.39 is 11.0 Å². The summed E-state index contributed by atoms with van der Waals surface area (Å²) in [4.78, 5) is 19.2. The fourth-order valence-corrected chi connectivity index (χ4v) is 9.45. The van der Waals surface area contributed by atoms with Gasteiger partial charge < -0.3 is 20.7 Å². The third-order valence-corrected chi connectivity index (χ3v) is 12.5. The van der Waals surface area contributed by atoms with Crippen LogP contribution in [0.1, 0.15) is 103 Å². The van der Waals surface area contributed by atoms with Crippen molar-refractivity contribution >= 4 is 34.1 Å². The first-order valence-corrected chi connectivity index (χ1v) is 19.0. The third-order valence-electron chi connectivity index (χ3n) is 9.65. The SMILES string of the molecule is CC(C)OC(=O)NC12CCC(c3ncc(-c4ccc(NC(NCc5ccccc5)=C5CCC5)cc4S(=O)NC(C)(C)C)s3)(CC1)CC2. The highest BCUT2D eigenvalue weighted by Gasteiger charge is 2.51. The van der Waals surface area contributed by atoms with Gasteiger partial charge in [0.25, 0.3) is 0 Å². The summed E-state index contributed by atoms with van der Waals surface area (Å²) in [5, 5.41) is 11.6. The Morgan fingerprint density at radius 3 is 2.34 bits per heavy atom. The van der Waals surface area contributed by atoms with E-state index in [0.717, 1.165) is 89.8 Å². The van der Waals surface area contributed by atoms with E-state index in [9.17, 15) is 9.00 Å². The maximum absolute atomic E-state index is 13.9. The van der Waals surface area contributed by atoms with Crippen molar-refractivity contribution in [1.82, 2.24) is 20.3 Å². The van der Waals surface area contributed by atoms with Crippen molar-refractivity contribution in [2.24, 2.45) is 0 Å². The first-order chi connectivity index (χ1) is 22.4. The van der Waals surface area contributed by atoms with Gasteiger partial charge in [0.15, 0.2) is 0 Å². The number of alkyl carbamates (subject to hydrolysis) is 1. The number of rotatable bonds is 11. The summed E-state index contributed by atoms with van der Waals surface area (Å²) in [5.74, 6) is 1.05. The monoisotopic (exact) mass is 675 g/mol. The number of anilines is 1. The van der Waals surface area contributed by atoms with Crippen LogP contribution in [-0.2, 0) is 27.7 Å². The van der Waals surface area contributed by atoms with E-state index in [-0.39, 0.29) is 28.7 Å². The molecule has 0 aliphatic heterocycles. The number of carbonyl (C=O) groups excluding carboxylic acids is 1. The van der Waals surface area contributed by atoms with Crippen LogP contribution >= 0.6 is 11.3 Å². The molecule has 0 radical (unpaired) electrons. The molecular formula is C37H49N5O3S2. The summed E-state index contributed by atoms with van der Waals surface area (Å²) in [6.45, 7) is 10.6. The molecule has 0 spiro atoms. The molecular weight excluding hydrogens is 627 g/mol. The lowest BCUT2D eigenvalue weighted by Gasteiger charge is -2.52. The van der Waals surface area contributed by atoms with Gasteiger partial charge in [0, 0.05) is 40.5 Å². The predicted molar refractivity (Wildman–Crippen MR) is 191 cm³/mol. The van der Waals surface area contributed by atoms with Crippen molar-refractivity contribution in [3.63, 3.8) is 0 Å². The first kappa shape index (κ1) is 33.7. The van der Waals surface area contributed by atoms with Crippen molar-refractivity contribution in [3.8, 4) is 10.4 Å². The summed E-state index contributed by atoms with van der Waals surface area (Å²) < 4.78 is 22.6. The van der Waals surface area contributed by atoms with Crippen LogP contribution < -0.4 is 20.7 Å². The second-order valence-corrected chi connectivity index (χ2v) is 17.0. The van der Waals surface area contributed by atoms with Crippen LogP contribution in [0.4, 0.5) is 10.5 Å². The number of aromatic nitrogens is 1. The lowest BCUT2D eigenvalue weighted by atomic mass is 9.57. The molecule has 1 heterocycles. The number of benzene rings is 2. The highest BCUT2D eigenvalue weighted by atomic mass is 32.2. The largest absolute Gasteiger partial charge is 0.447 e. The molecule has 1 amide bonds. The number of nitrogens with one attached hydrogen (secondary N) is 4. The van der Waals surface area contributed by atoms with Crippen molar-refractivity contribution in [2.45, 2.75) is 126 Å². The van der Waals surface area contributed by atoms with Gasteiger partial charge in [-0.3, -0.25) is 0 Å². The van der Waals surface area contributed by atoms with Gasteiger partial charge in [0.05, 0.1) is 20.9 Å². The smallest absolute Gasteiger partial charge is 0.407 e. The van der Waals surface area contributed by atoms with E-state index in [1.54, 1.807) is 11.3 Å². The molecule has 2 aromatic carbocycles. The lowest BCUT2D eigenvalue weighted by molar-refractivity contribution is 0.0560. The molecule has 1 unspecified atom stereocenters. The van der Waals surface area contributed by atoms with Crippen LogP contribution in [0.15, 0.2) is 71.0 Å². The average Bonchev–Trinajstić information content (AvgIpc) is 3.50. The van der Waals surface area contributed by atoms with E-state index in [4.69, 9.17) is 9.72 Å². The topological polar surface area (TPSA) is 104 Å². The second kappa shape index (κ2) is 13.7. The van der Waals surface area contributed by atoms with Crippen LogP contribution in [0.2, 0.25) is 0 Å². The molecule has 47 heavy (non-hydrogen) atoms. The number of hydrogen-bond acceptors (Lipinski definition) is 7. The van der Waals surface area contributed by atoms with Gasteiger partial charge in [-0.15, -0.1) is 11.3 Å². The molecule has 4 N–H and O–H groups in total. The number of thiazole rings is 1. The van der Waals surface area contributed by atoms with Gasteiger partial charge in [-0.1, -0.05) is 36.4 Å². The van der Waals surface area contributed by atoms with Gasteiger partial charge in [-0.2, -0.15) is 0 Å². The summed E-state index contributed by atoms with van der Waals surface area (Å²) in [6.07, 6.45) is 10.6. The van der Waals surface area contributed by atoms with E-state index in [2.05, 4.69) is 57.1 Å². The van der Waals surface area contributed by atoms with Crippen LogP contribution in [-0.4, -0.2) is 32.5 Å². The Kier molecular flexibility index (Phi) is 9.84. The molecule has 4 aliphatic carbocycles. The zero-order valence-electron chi connectivity index (χ0n) is 28.3. The molecule has 7 rings (SSSR count). The Bertz CT molecular complexity index is 1610. The molecule has 1 aromatic heterocycles. The second-order valence-electron chi connectivity index (χ2n) is 14.8. The number of fused-ring (bicyclic) bond motifs is 3. The molecule has 4 saturated carbocycles. The van der Waals surface area contributed by atoms with Crippen molar-refractivity contribution in [2.75, 3.05) is 5.32 Å². The van der Waals surface area contributed by atoms with E-state index in [1.165, 1.54) is 17.6 Å². The van der Waals surface area contributed by atoms with E-state index in [1.807, 2.05) is 52.9 Å². The van der Waals surface area contributed by atoms with E-state index in [0.29, 0.717) is 0 Å². The number of amides is 1. The number of carbonyl (C=O) groups is 1.